The summed E-state index contributed by atoms with van der Waals surface area (Å²) in [6, 6.07) is 14.2. The highest BCUT2D eigenvalue weighted by Crippen LogP contribution is 2.56. The first-order chi connectivity index (χ1) is 17.2. The van der Waals surface area contributed by atoms with E-state index in [0.717, 1.165) is 0 Å². The molecule has 7 nitrogen and oxygen atoms in total. The predicted molar refractivity (Wildman–Crippen MR) is 124 cm³/mol. The fourth-order valence-electron chi connectivity index (χ4n) is 4.89. The summed E-state index contributed by atoms with van der Waals surface area (Å²) < 4.78 is 55.9. The quantitative estimate of drug-likeness (QED) is 0.334. The Balaban J connectivity index is 1.84. The number of hydrogen-bond donors (Lipinski definition) is 3. The molecular formula is C26H21F3N2O5. The first kappa shape index (κ1) is 23.4. The minimum absolute atomic E-state index is 0.101. The molecule has 0 atom stereocenters. The number of methoxy groups -OCH3 is 2. The second-order valence-electron chi connectivity index (χ2n) is 8.39. The maximum atomic E-state index is 13.6. The van der Waals surface area contributed by atoms with Crippen LogP contribution < -0.4 is 14.2 Å². The van der Waals surface area contributed by atoms with E-state index in [4.69, 9.17) is 9.47 Å². The summed E-state index contributed by atoms with van der Waals surface area (Å²) in [6.45, 7) is 0. The summed E-state index contributed by atoms with van der Waals surface area (Å²) in [7, 11) is 2.77. The van der Waals surface area contributed by atoms with Crippen molar-refractivity contribution in [1.82, 2.24) is 10.2 Å². The van der Waals surface area contributed by atoms with E-state index >= 15 is 0 Å². The molecule has 1 aliphatic rings. The Kier molecular flexibility index (Phi) is 5.46. The van der Waals surface area contributed by atoms with Gasteiger partial charge in [-0.05, 0) is 65.6 Å². The molecule has 10 heteroatoms. The monoisotopic (exact) mass is 498 g/mol. The maximum absolute atomic E-state index is 13.6. The van der Waals surface area contributed by atoms with Gasteiger partial charge in [-0.2, -0.15) is 5.10 Å². The average Bonchev–Trinajstić information content (AvgIpc) is 3.43. The van der Waals surface area contributed by atoms with Crippen molar-refractivity contribution in [2.45, 2.75) is 18.2 Å². The van der Waals surface area contributed by atoms with Gasteiger partial charge in [0, 0.05) is 17.3 Å². The summed E-state index contributed by atoms with van der Waals surface area (Å²) in [4.78, 5) is 0. The Morgan fingerprint density at radius 3 is 2.00 bits per heavy atom. The largest absolute Gasteiger partial charge is 0.573 e. The van der Waals surface area contributed by atoms with Gasteiger partial charge in [0.15, 0.2) is 23.0 Å². The molecule has 0 amide bonds. The number of aromatic nitrogens is 2. The Morgan fingerprint density at radius 2 is 1.50 bits per heavy atom. The highest BCUT2D eigenvalue weighted by atomic mass is 19.4. The number of phenols is 2. The SMILES string of the molecule is COc1cc(C2(c3ccc(O)c(OC)c3)Cc3cc(-c4ccn[nH]4)cc2c3OC(F)(F)F)ccc1O. The van der Waals surface area contributed by atoms with Crippen LogP contribution in [0.1, 0.15) is 22.3 Å². The molecule has 1 heterocycles. The van der Waals surface area contributed by atoms with Crippen molar-refractivity contribution in [3.63, 3.8) is 0 Å². The summed E-state index contributed by atoms with van der Waals surface area (Å²) in [6.07, 6.45) is -3.27. The van der Waals surface area contributed by atoms with Crippen molar-refractivity contribution in [2.75, 3.05) is 14.2 Å². The number of phenolic OH excluding ortho intramolecular Hbond substituents is 2. The van der Waals surface area contributed by atoms with Crippen LogP contribution >= 0.6 is 0 Å². The van der Waals surface area contributed by atoms with Gasteiger partial charge in [-0.15, -0.1) is 13.2 Å². The molecule has 0 radical (unpaired) electrons. The molecule has 0 unspecified atom stereocenters. The molecule has 3 N–H and O–H groups in total. The molecule has 36 heavy (non-hydrogen) atoms. The van der Waals surface area contributed by atoms with Crippen LogP contribution in [-0.4, -0.2) is 41.0 Å². The molecule has 0 saturated heterocycles. The van der Waals surface area contributed by atoms with Crippen molar-refractivity contribution in [3.8, 4) is 40.0 Å². The van der Waals surface area contributed by atoms with E-state index in [9.17, 15) is 23.4 Å². The molecule has 0 saturated carbocycles. The number of rotatable bonds is 6. The molecule has 5 rings (SSSR count). The molecule has 1 aliphatic carbocycles. The van der Waals surface area contributed by atoms with Crippen LogP contribution in [0.3, 0.4) is 0 Å². The zero-order valence-corrected chi connectivity index (χ0v) is 19.2. The van der Waals surface area contributed by atoms with Gasteiger partial charge in [-0.3, -0.25) is 5.10 Å². The van der Waals surface area contributed by atoms with Crippen molar-refractivity contribution < 1.29 is 37.6 Å². The van der Waals surface area contributed by atoms with Gasteiger partial charge in [-0.25, -0.2) is 0 Å². The van der Waals surface area contributed by atoms with E-state index in [1.54, 1.807) is 48.7 Å². The topological polar surface area (TPSA) is 96.8 Å². The summed E-state index contributed by atoms with van der Waals surface area (Å²) in [5, 5.41) is 27.2. The number of ether oxygens (including phenoxy) is 3. The van der Waals surface area contributed by atoms with E-state index in [1.807, 2.05) is 0 Å². The summed E-state index contributed by atoms with van der Waals surface area (Å²) in [5.74, 6) is -0.220. The summed E-state index contributed by atoms with van der Waals surface area (Å²) >= 11 is 0. The highest BCUT2D eigenvalue weighted by Gasteiger charge is 2.48. The molecular weight excluding hydrogens is 477 g/mol. The molecule has 0 aliphatic heterocycles. The second kappa shape index (κ2) is 8.40. The normalized spacial score (nSPS) is 14.0. The van der Waals surface area contributed by atoms with Crippen molar-refractivity contribution in [2.24, 2.45) is 0 Å². The first-order valence-electron chi connectivity index (χ1n) is 10.8. The third-order valence-electron chi connectivity index (χ3n) is 6.46. The second-order valence-corrected chi connectivity index (χ2v) is 8.39. The van der Waals surface area contributed by atoms with Gasteiger partial charge in [0.2, 0.25) is 0 Å². The minimum Gasteiger partial charge on any atom is -0.504 e. The predicted octanol–water partition coefficient (Wildman–Crippen LogP) is 5.29. The van der Waals surface area contributed by atoms with E-state index in [0.29, 0.717) is 27.9 Å². The first-order valence-corrected chi connectivity index (χ1v) is 10.8. The fraction of sp³-hybridized carbons (Fsp3) is 0.192. The number of aromatic hydroxyl groups is 2. The third kappa shape index (κ3) is 3.74. The number of H-pyrrole nitrogens is 1. The van der Waals surface area contributed by atoms with E-state index in [1.165, 1.54) is 26.4 Å². The van der Waals surface area contributed by atoms with Crippen molar-refractivity contribution in [3.05, 3.63) is 83.0 Å². The zero-order chi connectivity index (χ0) is 25.7. The molecule has 0 fully saturated rings. The lowest BCUT2D eigenvalue weighted by Crippen LogP contribution is -2.29. The van der Waals surface area contributed by atoms with E-state index < -0.39 is 11.8 Å². The number of alkyl halides is 3. The van der Waals surface area contributed by atoms with E-state index in [2.05, 4.69) is 14.9 Å². The Morgan fingerprint density at radius 1 is 0.889 bits per heavy atom. The van der Waals surface area contributed by atoms with Gasteiger partial charge in [0.1, 0.15) is 5.75 Å². The summed E-state index contributed by atoms with van der Waals surface area (Å²) in [5.41, 5.74) is 1.73. The number of benzene rings is 3. The Bertz CT molecular complexity index is 1380. The number of hydrogen-bond acceptors (Lipinski definition) is 6. The van der Waals surface area contributed by atoms with E-state index in [-0.39, 0.29) is 40.7 Å². The lowest BCUT2D eigenvalue weighted by molar-refractivity contribution is -0.274. The standard InChI is InChI=1S/C26H21F3N2O5/c1-34-22-11-16(3-5-20(22)32)25(17-4-6-21(33)23(12-17)35-2)13-15-9-14(19-7-8-30-31-19)10-18(25)24(15)36-26(27,28)29/h3-12,32-33H,13H2,1-2H3,(H,30,31). The molecule has 4 aromatic rings. The van der Waals surface area contributed by atoms with Gasteiger partial charge in [-0.1, -0.05) is 12.1 Å². The minimum atomic E-state index is -4.92. The van der Waals surface area contributed by atoms with Gasteiger partial charge < -0.3 is 24.4 Å². The highest BCUT2D eigenvalue weighted by molar-refractivity contribution is 5.73. The number of nitrogens with zero attached hydrogens (tertiary/aromatic N) is 1. The average molecular weight is 498 g/mol. The van der Waals surface area contributed by atoms with Crippen LogP contribution in [0, 0.1) is 0 Å². The van der Waals surface area contributed by atoms with Crippen LogP contribution in [0.5, 0.6) is 28.7 Å². The van der Waals surface area contributed by atoms with Gasteiger partial charge in [0.25, 0.3) is 0 Å². The van der Waals surface area contributed by atoms with Crippen LogP contribution in [-0.2, 0) is 11.8 Å². The molecule has 186 valence electrons. The number of aromatic amines is 1. The lowest BCUT2D eigenvalue weighted by Gasteiger charge is -2.32. The van der Waals surface area contributed by atoms with Crippen LogP contribution in [0.4, 0.5) is 13.2 Å². The molecule has 2 bridgehead atoms. The molecule has 1 aromatic heterocycles. The Labute approximate surface area is 203 Å². The van der Waals surface area contributed by atoms with Crippen molar-refractivity contribution >= 4 is 0 Å². The molecule has 0 spiro atoms. The van der Waals surface area contributed by atoms with Crippen molar-refractivity contribution in [1.29, 1.82) is 0 Å². The Hall–Kier alpha value is -4.34. The number of nitrogens with one attached hydrogen (secondary N) is 1. The van der Waals surface area contributed by atoms with Gasteiger partial charge >= 0.3 is 6.36 Å². The smallest absolute Gasteiger partial charge is 0.504 e. The number of fused-ring (bicyclic) bond motifs is 2. The van der Waals surface area contributed by atoms with Crippen LogP contribution in [0.25, 0.3) is 11.3 Å². The maximum Gasteiger partial charge on any atom is 0.573 e. The van der Waals surface area contributed by atoms with Crippen LogP contribution in [0.2, 0.25) is 0 Å². The zero-order valence-electron chi connectivity index (χ0n) is 19.2. The third-order valence-corrected chi connectivity index (χ3v) is 6.46. The lowest BCUT2D eigenvalue weighted by atomic mass is 9.70. The van der Waals surface area contributed by atoms with Gasteiger partial charge in [0.05, 0.1) is 25.3 Å². The number of halogens is 3. The molecule has 3 aromatic carbocycles. The van der Waals surface area contributed by atoms with Crippen LogP contribution in [0.15, 0.2) is 60.8 Å². The fourth-order valence-corrected chi connectivity index (χ4v) is 4.89.